The summed E-state index contributed by atoms with van der Waals surface area (Å²) >= 11 is 0. The first-order chi connectivity index (χ1) is 8.21. The maximum Gasteiger partial charge on any atom is 0.416 e. The van der Waals surface area contributed by atoms with Gasteiger partial charge in [-0.2, -0.15) is 13.2 Å². The number of aliphatic carboxylic acids is 1. The number of carbonyl (C=O) groups is 1. The first-order valence-corrected chi connectivity index (χ1v) is 4.48. The number of alkyl halides is 3. The molecule has 0 radical (unpaired) electrons. The lowest BCUT2D eigenvalue weighted by atomic mass is 10.1. The number of benzene rings is 1. The monoisotopic (exact) mass is 261 g/mol. The Hall–Kier alpha value is -2.38. The molecule has 0 unspecified atom stereocenters. The van der Waals surface area contributed by atoms with Crippen LogP contribution in [0.15, 0.2) is 24.3 Å². The van der Waals surface area contributed by atoms with Gasteiger partial charge in [-0.1, -0.05) is 0 Å². The Bertz CT molecular complexity index is 522. The van der Waals surface area contributed by atoms with E-state index in [1.165, 1.54) is 0 Å². The fourth-order valence-corrected chi connectivity index (χ4v) is 1.19. The van der Waals surface area contributed by atoms with E-state index in [9.17, 15) is 28.1 Å². The molecule has 1 aromatic carbocycles. The van der Waals surface area contributed by atoms with Gasteiger partial charge in [-0.05, 0) is 18.2 Å². The molecule has 0 aliphatic heterocycles. The zero-order valence-corrected chi connectivity index (χ0v) is 8.64. The van der Waals surface area contributed by atoms with Crippen LogP contribution in [0, 0.1) is 10.1 Å². The molecule has 1 N–H and O–H groups in total. The third kappa shape index (κ3) is 3.30. The quantitative estimate of drug-likeness (QED) is 0.515. The Morgan fingerprint density at radius 1 is 1.39 bits per heavy atom. The fraction of sp³-hybridized carbons (Fsp3) is 0.100. The predicted octanol–water partition coefficient (Wildman–Crippen LogP) is 2.71. The third-order valence-electron chi connectivity index (χ3n) is 1.96. The molecule has 0 saturated carbocycles. The molecular weight excluding hydrogens is 255 g/mol. The summed E-state index contributed by atoms with van der Waals surface area (Å²) in [5, 5.41) is 18.9. The number of hydrogen-bond donors (Lipinski definition) is 1. The van der Waals surface area contributed by atoms with Gasteiger partial charge in [-0.3, -0.25) is 10.1 Å². The van der Waals surface area contributed by atoms with Crippen LogP contribution in [0.25, 0.3) is 6.08 Å². The van der Waals surface area contributed by atoms with Crippen LogP contribution in [0.5, 0.6) is 0 Å². The summed E-state index contributed by atoms with van der Waals surface area (Å²) in [6.07, 6.45) is -3.38. The van der Waals surface area contributed by atoms with Crippen LogP contribution in [0.1, 0.15) is 11.1 Å². The van der Waals surface area contributed by atoms with Crippen molar-refractivity contribution in [2.75, 3.05) is 0 Å². The molecule has 5 nitrogen and oxygen atoms in total. The van der Waals surface area contributed by atoms with E-state index < -0.39 is 33.9 Å². The van der Waals surface area contributed by atoms with Crippen LogP contribution >= 0.6 is 0 Å². The van der Waals surface area contributed by atoms with Crippen molar-refractivity contribution in [1.82, 2.24) is 0 Å². The first-order valence-electron chi connectivity index (χ1n) is 4.48. The maximum absolute atomic E-state index is 12.4. The molecule has 0 heterocycles. The van der Waals surface area contributed by atoms with Crippen molar-refractivity contribution in [1.29, 1.82) is 0 Å². The summed E-state index contributed by atoms with van der Waals surface area (Å²) in [5.41, 5.74) is -2.10. The summed E-state index contributed by atoms with van der Waals surface area (Å²) in [6.45, 7) is 0. The van der Waals surface area contributed by atoms with Crippen molar-refractivity contribution in [3.63, 3.8) is 0 Å². The molecule has 8 heteroatoms. The second-order valence-electron chi connectivity index (χ2n) is 3.20. The van der Waals surface area contributed by atoms with E-state index in [-0.39, 0.29) is 0 Å². The topological polar surface area (TPSA) is 80.4 Å². The van der Waals surface area contributed by atoms with Gasteiger partial charge >= 0.3 is 12.1 Å². The number of carboxylic acids is 1. The molecule has 0 fully saturated rings. The van der Waals surface area contributed by atoms with Crippen molar-refractivity contribution in [3.05, 3.63) is 45.5 Å². The van der Waals surface area contributed by atoms with Crippen molar-refractivity contribution in [2.45, 2.75) is 6.18 Å². The van der Waals surface area contributed by atoms with E-state index in [4.69, 9.17) is 5.11 Å². The van der Waals surface area contributed by atoms with Gasteiger partial charge in [0.1, 0.15) is 0 Å². The third-order valence-corrected chi connectivity index (χ3v) is 1.96. The molecule has 0 atom stereocenters. The summed E-state index contributed by atoms with van der Waals surface area (Å²) in [5.74, 6) is -1.42. The van der Waals surface area contributed by atoms with Gasteiger partial charge in [0.15, 0.2) is 0 Å². The number of rotatable bonds is 3. The molecular formula is C10H6F3NO4. The van der Waals surface area contributed by atoms with E-state index in [0.29, 0.717) is 24.3 Å². The van der Waals surface area contributed by atoms with Gasteiger partial charge in [0, 0.05) is 12.1 Å². The SMILES string of the molecule is O=C(O)/C=C/c1cc(C(F)(F)F)ccc1[N+](=O)[O-]. The van der Waals surface area contributed by atoms with Crippen LogP contribution in [0.4, 0.5) is 18.9 Å². The second-order valence-corrected chi connectivity index (χ2v) is 3.20. The largest absolute Gasteiger partial charge is 0.478 e. The van der Waals surface area contributed by atoms with Crippen LogP contribution in [-0.2, 0) is 11.0 Å². The molecule has 1 rings (SSSR count). The number of nitro groups is 1. The second kappa shape index (κ2) is 4.86. The highest BCUT2D eigenvalue weighted by molar-refractivity contribution is 5.86. The van der Waals surface area contributed by atoms with Gasteiger partial charge in [-0.25, -0.2) is 4.79 Å². The zero-order valence-electron chi connectivity index (χ0n) is 8.64. The molecule has 1 aromatic rings. The van der Waals surface area contributed by atoms with Crippen molar-refractivity contribution >= 4 is 17.7 Å². The van der Waals surface area contributed by atoms with Crippen molar-refractivity contribution in [2.24, 2.45) is 0 Å². The summed E-state index contributed by atoms with van der Waals surface area (Å²) in [4.78, 5) is 19.9. The van der Waals surface area contributed by atoms with Gasteiger partial charge in [0.05, 0.1) is 16.1 Å². The molecule has 0 bridgehead atoms. The molecule has 0 amide bonds. The number of carboxylic acid groups (broad SMARTS) is 1. The summed E-state index contributed by atoms with van der Waals surface area (Å²) in [6, 6.07) is 1.78. The Kier molecular flexibility index (Phi) is 3.70. The smallest absolute Gasteiger partial charge is 0.416 e. The Morgan fingerprint density at radius 2 is 2.00 bits per heavy atom. The van der Waals surface area contributed by atoms with Crippen molar-refractivity contribution in [3.8, 4) is 0 Å². The Balaban J connectivity index is 3.33. The Labute approximate surface area is 98.3 Å². The van der Waals surface area contributed by atoms with E-state index >= 15 is 0 Å². The minimum Gasteiger partial charge on any atom is -0.478 e. The molecule has 96 valence electrons. The normalized spacial score (nSPS) is 11.7. The molecule has 0 aliphatic carbocycles. The van der Waals surface area contributed by atoms with E-state index in [0.717, 1.165) is 6.08 Å². The maximum atomic E-state index is 12.4. The Morgan fingerprint density at radius 3 is 2.44 bits per heavy atom. The van der Waals surface area contributed by atoms with Crippen LogP contribution in [0.3, 0.4) is 0 Å². The van der Waals surface area contributed by atoms with Crippen molar-refractivity contribution < 1.29 is 28.0 Å². The minimum atomic E-state index is -4.65. The molecule has 0 aliphatic rings. The van der Waals surface area contributed by atoms with E-state index in [1.54, 1.807) is 0 Å². The highest BCUT2D eigenvalue weighted by Crippen LogP contribution is 2.32. The van der Waals surface area contributed by atoms with E-state index in [2.05, 4.69) is 0 Å². The molecule has 0 spiro atoms. The highest BCUT2D eigenvalue weighted by Gasteiger charge is 2.31. The number of nitrogens with zero attached hydrogens (tertiary/aromatic N) is 1. The minimum absolute atomic E-state index is 0.419. The van der Waals surface area contributed by atoms with Gasteiger partial charge < -0.3 is 5.11 Å². The standard InChI is InChI=1S/C10H6F3NO4/c11-10(12,13)7-2-3-8(14(17)18)6(5-7)1-4-9(15)16/h1-5H,(H,15,16)/b4-1+. The zero-order chi connectivity index (χ0) is 13.9. The van der Waals surface area contributed by atoms with Gasteiger partial charge in [-0.15, -0.1) is 0 Å². The average Bonchev–Trinajstić information content (AvgIpc) is 2.24. The lowest BCUT2D eigenvalue weighted by Crippen LogP contribution is -2.06. The number of nitro benzene ring substituents is 1. The molecule has 0 aromatic heterocycles. The van der Waals surface area contributed by atoms with Crippen LogP contribution in [-0.4, -0.2) is 16.0 Å². The lowest BCUT2D eigenvalue weighted by molar-refractivity contribution is -0.385. The van der Waals surface area contributed by atoms with Gasteiger partial charge in [0.25, 0.3) is 5.69 Å². The van der Waals surface area contributed by atoms with Gasteiger partial charge in [0.2, 0.25) is 0 Å². The molecule has 0 saturated heterocycles. The first kappa shape index (κ1) is 13.7. The fourth-order valence-electron chi connectivity index (χ4n) is 1.19. The number of halogens is 3. The van der Waals surface area contributed by atoms with Crippen LogP contribution < -0.4 is 0 Å². The predicted molar refractivity (Wildman–Crippen MR) is 54.8 cm³/mol. The number of hydrogen-bond acceptors (Lipinski definition) is 3. The summed E-state index contributed by atoms with van der Waals surface area (Å²) < 4.78 is 37.2. The highest BCUT2D eigenvalue weighted by atomic mass is 19.4. The molecule has 18 heavy (non-hydrogen) atoms. The lowest BCUT2D eigenvalue weighted by Gasteiger charge is -2.07. The average molecular weight is 261 g/mol. The van der Waals surface area contributed by atoms with Crippen LogP contribution in [0.2, 0.25) is 0 Å². The van der Waals surface area contributed by atoms with E-state index in [1.807, 2.05) is 0 Å². The summed E-state index contributed by atoms with van der Waals surface area (Å²) in [7, 11) is 0.